The Bertz CT molecular complexity index is 994. The third kappa shape index (κ3) is 3.20. The van der Waals surface area contributed by atoms with E-state index in [0.717, 1.165) is 33.8 Å². The maximum atomic E-state index is 13.1. The van der Waals surface area contributed by atoms with Gasteiger partial charge in [-0.2, -0.15) is 0 Å². The van der Waals surface area contributed by atoms with Crippen LogP contribution in [0.1, 0.15) is 38.9 Å². The van der Waals surface area contributed by atoms with E-state index in [4.69, 9.17) is 4.74 Å². The molecule has 0 fully saturated rings. The molecule has 4 rings (SSSR count). The maximum Gasteiger partial charge on any atom is 0.258 e. The van der Waals surface area contributed by atoms with Crippen LogP contribution in [0.25, 0.3) is 0 Å². The fraction of sp³-hybridized carbons (Fsp3) is 0.217. The number of nitrogens with zero attached hydrogens (tertiary/aromatic N) is 2. The number of carbonyl (C=O) groups is 1. The van der Waals surface area contributed by atoms with Crippen LogP contribution in [0.3, 0.4) is 0 Å². The zero-order valence-corrected chi connectivity index (χ0v) is 16.3. The number of aryl methyl sites for hydroxylation is 2. The molecular weight excluding hydrogens is 350 g/mol. The number of anilines is 1. The summed E-state index contributed by atoms with van der Waals surface area (Å²) in [7, 11) is 1.64. The van der Waals surface area contributed by atoms with Crippen molar-refractivity contribution in [3.8, 4) is 5.75 Å². The molecule has 1 aromatic heterocycles. The highest BCUT2D eigenvalue weighted by molar-refractivity contribution is 5.99. The molecule has 2 aromatic carbocycles. The highest BCUT2D eigenvalue weighted by Crippen LogP contribution is 2.35. The first kappa shape index (κ1) is 18.0. The highest BCUT2D eigenvalue weighted by atomic mass is 16.5. The molecule has 0 bridgehead atoms. The quantitative estimate of drug-likeness (QED) is 0.717. The number of carbonyl (C=O) groups excluding carboxylic acids is 1. The molecule has 1 atom stereocenters. The second-order valence-electron chi connectivity index (χ2n) is 7.03. The molecule has 1 aliphatic heterocycles. The summed E-state index contributed by atoms with van der Waals surface area (Å²) in [4.78, 5) is 19.5. The predicted octanol–water partition coefficient (Wildman–Crippen LogP) is 4.47. The molecule has 5 heteroatoms. The van der Waals surface area contributed by atoms with Gasteiger partial charge in [0.2, 0.25) is 0 Å². The molecule has 1 aliphatic rings. The third-order valence-electron chi connectivity index (χ3n) is 5.17. The van der Waals surface area contributed by atoms with E-state index in [2.05, 4.69) is 36.3 Å². The van der Waals surface area contributed by atoms with Crippen molar-refractivity contribution >= 4 is 11.6 Å². The van der Waals surface area contributed by atoms with Crippen LogP contribution in [0.4, 0.5) is 5.69 Å². The molecule has 0 saturated heterocycles. The number of amides is 1. The second kappa shape index (κ2) is 7.35. The molecule has 0 spiro atoms. The van der Waals surface area contributed by atoms with Crippen molar-refractivity contribution in [2.45, 2.75) is 26.6 Å². The van der Waals surface area contributed by atoms with Gasteiger partial charge >= 0.3 is 0 Å². The lowest BCUT2D eigenvalue weighted by Gasteiger charge is -2.28. The first-order chi connectivity index (χ1) is 13.6. The van der Waals surface area contributed by atoms with Crippen molar-refractivity contribution in [2.75, 3.05) is 12.4 Å². The molecule has 142 valence electrons. The van der Waals surface area contributed by atoms with Crippen LogP contribution in [-0.2, 0) is 6.54 Å². The predicted molar refractivity (Wildman–Crippen MR) is 109 cm³/mol. The van der Waals surface area contributed by atoms with E-state index in [1.165, 1.54) is 0 Å². The Balaban J connectivity index is 1.70. The minimum atomic E-state index is -0.314. The molecule has 1 N–H and O–H groups in total. The van der Waals surface area contributed by atoms with Crippen molar-refractivity contribution in [1.82, 2.24) is 9.88 Å². The first-order valence-corrected chi connectivity index (χ1v) is 9.30. The van der Waals surface area contributed by atoms with Crippen molar-refractivity contribution in [3.05, 3.63) is 88.7 Å². The fourth-order valence-corrected chi connectivity index (χ4v) is 3.65. The number of rotatable bonds is 5. The minimum absolute atomic E-state index is 0.0114. The topological polar surface area (TPSA) is 54.5 Å². The van der Waals surface area contributed by atoms with Gasteiger partial charge in [-0.1, -0.05) is 30.3 Å². The SMILES string of the molecule is COc1ccc(CN2C(=O)c3cccnc3[C@H]2Nc2c(C)cccc2C)cc1. The van der Waals surface area contributed by atoms with E-state index in [9.17, 15) is 4.79 Å². The highest BCUT2D eigenvalue weighted by Gasteiger charge is 2.38. The molecule has 1 amide bonds. The lowest BCUT2D eigenvalue weighted by molar-refractivity contribution is 0.0727. The van der Waals surface area contributed by atoms with Crippen LogP contribution in [0.15, 0.2) is 60.8 Å². The summed E-state index contributed by atoms with van der Waals surface area (Å²) in [6.07, 6.45) is 1.42. The summed E-state index contributed by atoms with van der Waals surface area (Å²) >= 11 is 0. The number of pyridine rings is 1. The zero-order valence-electron chi connectivity index (χ0n) is 16.3. The van der Waals surface area contributed by atoms with Gasteiger partial charge in [0, 0.05) is 18.4 Å². The number of methoxy groups -OCH3 is 1. The van der Waals surface area contributed by atoms with Gasteiger partial charge in [-0.25, -0.2) is 0 Å². The normalized spacial score (nSPS) is 15.5. The molecule has 0 radical (unpaired) electrons. The van der Waals surface area contributed by atoms with Gasteiger partial charge in [0.05, 0.1) is 18.4 Å². The van der Waals surface area contributed by atoms with Gasteiger partial charge in [0.1, 0.15) is 11.9 Å². The molecule has 2 heterocycles. The van der Waals surface area contributed by atoms with Gasteiger partial charge in [-0.15, -0.1) is 0 Å². The van der Waals surface area contributed by atoms with Gasteiger partial charge in [0.25, 0.3) is 5.91 Å². The third-order valence-corrected chi connectivity index (χ3v) is 5.17. The number of fused-ring (bicyclic) bond motifs is 1. The van der Waals surface area contributed by atoms with Crippen LogP contribution in [0.5, 0.6) is 5.75 Å². The Morgan fingerprint density at radius 1 is 1.04 bits per heavy atom. The summed E-state index contributed by atoms with van der Waals surface area (Å²) in [5, 5.41) is 3.57. The Morgan fingerprint density at radius 3 is 2.43 bits per heavy atom. The minimum Gasteiger partial charge on any atom is -0.497 e. The summed E-state index contributed by atoms with van der Waals surface area (Å²) < 4.78 is 5.23. The summed E-state index contributed by atoms with van der Waals surface area (Å²) in [6, 6.07) is 17.6. The molecule has 0 aliphatic carbocycles. The van der Waals surface area contributed by atoms with E-state index in [-0.39, 0.29) is 12.1 Å². The second-order valence-corrected chi connectivity index (χ2v) is 7.03. The van der Waals surface area contributed by atoms with Crippen molar-refractivity contribution in [1.29, 1.82) is 0 Å². The Hall–Kier alpha value is -3.34. The standard InChI is InChI=1S/C23H23N3O2/c1-15-6-4-7-16(2)20(15)25-22-21-19(8-5-13-24-21)23(27)26(22)14-17-9-11-18(28-3)12-10-17/h4-13,22,25H,14H2,1-3H3/t22-/m0/s1. The van der Waals surface area contributed by atoms with Gasteiger partial charge in [0.15, 0.2) is 0 Å². The van der Waals surface area contributed by atoms with Crippen LogP contribution >= 0.6 is 0 Å². The Labute approximate surface area is 165 Å². The number of hydrogen-bond donors (Lipinski definition) is 1. The fourth-order valence-electron chi connectivity index (χ4n) is 3.65. The number of ether oxygens (including phenoxy) is 1. The van der Waals surface area contributed by atoms with Gasteiger partial charge in [-0.3, -0.25) is 9.78 Å². The number of hydrogen-bond acceptors (Lipinski definition) is 4. The Morgan fingerprint density at radius 2 is 1.75 bits per heavy atom. The number of nitrogens with one attached hydrogen (secondary N) is 1. The van der Waals surface area contributed by atoms with Crippen LogP contribution < -0.4 is 10.1 Å². The van der Waals surface area contributed by atoms with E-state index >= 15 is 0 Å². The van der Waals surface area contributed by atoms with Crippen molar-refractivity contribution < 1.29 is 9.53 Å². The molecule has 28 heavy (non-hydrogen) atoms. The monoisotopic (exact) mass is 373 g/mol. The largest absolute Gasteiger partial charge is 0.497 e. The molecule has 0 unspecified atom stereocenters. The summed E-state index contributed by atoms with van der Waals surface area (Å²) in [6.45, 7) is 4.63. The molecular formula is C23H23N3O2. The van der Waals surface area contributed by atoms with Crippen LogP contribution in [0, 0.1) is 13.8 Å². The number of para-hydroxylation sites is 1. The van der Waals surface area contributed by atoms with Crippen LogP contribution in [0.2, 0.25) is 0 Å². The molecule has 0 saturated carbocycles. The average molecular weight is 373 g/mol. The smallest absolute Gasteiger partial charge is 0.258 e. The van der Waals surface area contributed by atoms with E-state index in [0.29, 0.717) is 12.1 Å². The van der Waals surface area contributed by atoms with Gasteiger partial charge < -0.3 is 15.0 Å². The zero-order chi connectivity index (χ0) is 19.7. The van der Waals surface area contributed by atoms with Gasteiger partial charge in [-0.05, 0) is 54.8 Å². The van der Waals surface area contributed by atoms with Crippen LogP contribution in [-0.4, -0.2) is 22.9 Å². The van der Waals surface area contributed by atoms with E-state index < -0.39 is 0 Å². The summed E-state index contributed by atoms with van der Waals surface area (Å²) in [5.74, 6) is 0.786. The molecule has 5 nitrogen and oxygen atoms in total. The average Bonchev–Trinajstić information content (AvgIpc) is 2.97. The Kier molecular flexibility index (Phi) is 4.74. The van der Waals surface area contributed by atoms with E-state index in [1.54, 1.807) is 13.3 Å². The lowest BCUT2D eigenvalue weighted by Crippen LogP contribution is -2.32. The first-order valence-electron chi connectivity index (χ1n) is 9.30. The van der Waals surface area contributed by atoms with Crippen molar-refractivity contribution in [2.24, 2.45) is 0 Å². The van der Waals surface area contributed by atoms with E-state index in [1.807, 2.05) is 47.4 Å². The van der Waals surface area contributed by atoms with Crippen molar-refractivity contribution in [3.63, 3.8) is 0 Å². The lowest BCUT2D eigenvalue weighted by atomic mass is 10.1. The maximum absolute atomic E-state index is 13.1. The number of benzene rings is 2. The molecule has 3 aromatic rings. The summed E-state index contributed by atoms with van der Waals surface area (Å²) in [5.41, 5.74) is 5.78. The number of aromatic nitrogens is 1.